The zero-order chi connectivity index (χ0) is 16.9. The average Bonchev–Trinajstić information content (AvgIpc) is 2.64. The Bertz CT molecular complexity index is 556. The first-order valence-electron chi connectivity index (χ1n) is 9.24. The van der Waals surface area contributed by atoms with Gasteiger partial charge in [0.2, 0.25) is 12.3 Å². The van der Waals surface area contributed by atoms with Crippen molar-refractivity contribution < 1.29 is 9.59 Å². The summed E-state index contributed by atoms with van der Waals surface area (Å²) in [6.45, 7) is 4.71. The summed E-state index contributed by atoms with van der Waals surface area (Å²) in [6.07, 6.45) is 6.96. The number of benzene rings is 1. The Hall–Kier alpha value is -1.84. The fourth-order valence-electron chi connectivity index (χ4n) is 4.10. The largest absolute Gasteiger partial charge is 0.342 e. The molecule has 0 N–H and O–H groups in total. The summed E-state index contributed by atoms with van der Waals surface area (Å²) >= 11 is 0. The van der Waals surface area contributed by atoms with Crippen molar-refractivity contribution in [3.63, 3.8) is 0 Å². The number of aryl methyl sites for hydroxylation is 1. The summed E-state index contributed by atoms with van der Waals surface area (Å²) < 4.78 is 0. The molecule has 24 heavy (non-hydrogen) atoms. The highest BCUT2D eigenvalue weighted by atomic mass is 16.2. The van der Waals surface area contributed by atoms with Crippen LogP contribution in [0.2, 0.25) is 0 Å². The van der Waals surface area contributed by atoms with Crippen LogP contribution in [0.4, 0.5) is 0 Å². The maximum Gasteiger partial charge on any atom is 0.230 e. The quantitative estimate of drug-likeness (QED) is 0.797. The van der Waals surface area contributed by atoms with Crippen LogP contribution in [-0.4, -0.2) is 48.3 Å². The Morgan fingerprint density at radius 1 is 1.04 bits per heavy atom. The van der Waals surface area contributed by atoms with Crippen molar-refractivity contribution >= 4 is 12.3 Å². The molecule has 130 valence electrons. The lowest BCUT2D eigenvalue weighted by molar-refractivity contribution is -0.138. The van der Waals surface area contributed by atoms with Crippen LogP contribution in [0.25, 0.3) is 0 Å². The zero-order valence-electron chi connectivity index (χ0n) is 14.6. The molecular weight excluding hydrogens is 300 g/mol. The molecule has 1 aromatic rings. The average molecular weight is 328 g/mol. The molecule has 4 heteroatoms. The molecule has 1 heterocycles. The molecule has 2 amide bonds. The number of hydrogen-bond donors (Lipinski definition) is 0. The third-order valence-electron chi connectivity index (χ3n) is 5.60. The van der Waals surface area contributed by atoms with Gasteiger partial charge in [0, 0.05) is 26.2 Å². The Labute approximate surface area is 144 Å². The molecule has 4 nitrogen and oxygen atoms in total. The number of amides is 2. The van der Waals surface area contributed by atoms with E-state index in [1.54, 1.807) is 4.90 Å². The standard InChI is InChI=1S/C20H28N2O2/c1-16-7-9-18(10-8-16)19(17-5-3-2-4-6-17)20(24)22-13-11-21(15-23)12-14-22/h7-10,15,17,19H,2-6,11-14H2,1H3. The molecule has 0 radical (unpaired) electrons. The van der Waals surface area contributed by atoms with Crippen LogP contribution in [0.15, 0.2) is 24.3 Å². The van der Waals surface area contributed by atoms with Crippen molar-refractivity contribution in [3.8, 4) is 0 Å². The molecule has 2 fully saturated rings. The molecule has 0 aromatic heterocycles. The minimum Gasteiger partial charge on any atom is -0.342 e. The third kappa shape index (κ3) is 3.80. The first-order chi connectivity index (χ1) is 11.7. The van der Waals surface area contributed by atoms with E-state index in [9.17, 15) is 9.59 Å². The van der Waals surface area contributed by atoms with Gasteiger partial charge in [-0.05, 0) is 31.2 Å². The van der Waals surface area contributed by atoms with Crippen LogP contribution in [-0.2, 0) is 9.59 Å². The van der Waals surface area contributed by atoms with Crippen molar-refractivity contribution in [1.29, 1.82) is 0 Å². The van der Waals surface area contributed by atoms with E-state index in [2.05, 4.69) is 31.2 Å². The first kappa shape index (κ1) is 17.0. The van der Waals surface area contributed by atoms with Crippen LogP contribution in [0.5, 0.6) is 0 Å². The summed E-state index contributed by atoms with van der Waals surface area (Å²) in [5.74, 6) is 0.697. The lowest BCUT2D eigenvalue weighted by atomic mass is 9.76. The van der Waals surface area contributed by atoms with Gasteiger partial charge >= 0.3 is 0 Å². The van der Waals surface area contributed by atoms with Gasteiger partial charge in [0.1, 0.15) is 0 Å². The summed E-state index contributed by atoms with van der Waals surface area (Å²) in [5.41, 5.74) is 2.39. The molecule has 0 bridgehead atoms. The lowest BCUT2D eigenvalue weighted by Gasteiger charge is -2.38. The molecule has 2 aliphatic rings. The molecule has 0 spiro atoms. The van der Waals surface area contributed by atoms with E-state index in [0.717, 1.165) is 24.8 Å². The monoisotopic (exact) mass is 328 g/mol. The maximum absolute atomic E-state index is 13.3. The molecule has 1 unspecified atom stereocenters. The minimum absolute atomic E-state index is 0.0197. The van der Waals surface area contributed by atoms with Gasteiger partial charge < -0.3 is 9.80 Å². The van der Waals surface area contributed by atoms with Crippen molar-refractivity contribution in [3.05, 3.63) is 35.4 Å². The van der Waals surface area contributed by atoms with Gasteiger partial charge in [0.05, 0.1) is 5.92 Å². The van der Waals surface area contributed by atoms with Crippen LogP contribution in [0.1, 0.15) is 49.1 Å². The topological polar surface area (TPSA) is 40.6 Å². The van der Waals surface area contributed by atoms with Crippen LogP contribution < -0.4 is 0 Å². The second-order valence-corrected chi connectivity index (χ2v) is 7.25. The number of piperazine rings is 1. The summed E-state index contributed by atoms with van der Waals surface area (Å²) in [5, 5.41) is 0. The normalized spacial score (nSPS) is 20.7. The SMILES string of the molecule is Cc1ccc(C(C(=O)N2CCN(C=O)CC2)C2CCCCC2)cc1. The van der Waals surface area contributed by atoms with E-state index in [1.807, 2.05) is 4.90 Å². The van der Waals surface area contributed by atoms with Gasteiger partial charge in [0.25, 0.3) is 0 Å². The number of carbonyl (C=O) groups is 2. The van der Waals surface area contributed by atoms with E-state index >= 15 is 0 Å². The smallest absolute Gasteiger partial charge is 0.230 e. The van der Waals surface area contributed by atoms with E-state index in [0.29, 0.717) is 32.1 Å². The van der Waals surface area contributed by atoms with Gasteiger partial charge in [-0.2, -0.15) is 0 Å². The Morgan fingerprint density at radius 2 is 1.67 bits per heavy atom. The van der Waals surface area contributed by atoms with Gasteiger partial charge in [-0.1, -0.05) is 49.1 Å². The number of nitrogens with zero attached hydrogens (tertiary/aromatic N) is 2. The van der Waals surface area contributed by atoms with E-state index < -0.39 is 0 Å². The van der Waals surface area contributed by atoms with Crippen molar-refractivity contribution in [1.82, 2.24) is 9.80 Å². The number of carbonyl (C=O) groups excluding carboxylic acids is 2. The summed E-state index contributed by atoms with van der Waals surface area (Å²) in [7, 11) is 0. The molecule has 3 rings (SSSR count). The summed E-state index contributed by atoms with van der Waals surface area (Å²) in [6, 6.07) is 8.49. The van der Waals surface area contributed by atoms with Crippen molar-refractivity contribution in [2.75, 3.05) is 26.2 Å². The molecule has 1 saturated heterocycles. The molecule has 1 aromatic carbocycles. The van der Waals surface area contributed by atoms with Crippen molar-refractivity contribution in [2.24, 2.45) is 5.92 Å². The molecule has 1 saturated carbocycles. The van der Waals surface area contributed by atoms with Crippen LogP contribution in [0.3, 0.4) is 0 Å². The Morgan fingerprint density at radius 3 is 2.25 bits per heavy atom. The fourth-order valence-corrected chi connectivity index (χ4v) is 4.10. The number of rotatable bonds is 4. The van der Waals surface area contributed by atoms with E-state index in [-0.39, 0.29) is 11.8 Å². The molecule has 1 aliphatic carbocycles. The van der Waals surface area contributed by atoms with Gasteiger partial charge in [-0.15, -0.1) is 0 Å². The van der Waals surface area contributed by atoms with Crippen molar-refractivity contribution in [2.45, 2.75) is 44.9 Å². The summed E-state index contributed by atoms with van der Waals surface area (Å²) in [4.78, 5) is 27.9. The van der Waals surface area contributed by atoms with Crippen LogP contribution >= 0.6 is 0 Å². The minimum atomic E-state index is -0.0197. The molecular formula is C20H28N2O2. The van der Waals surface area contributed by atoms with Crippen LogP contribution in [0, 0.1) is 12.8 Å². The predicted molar refractivity (Wildman–Crippen MR) is 94.7 cm³/mol. The first-order valence-corrected chi connectivity index (χ1v) is 9.24. The second kappa shape index (κ2) is 7.82. The van der Waals surface area contributed by atoms with E-state index in [4.69, 9.17) is 0 Å². The Balaban J connectivity index is 1.79. The van der Waals surface area contributed by atoms with E-state index in [1.165, 1.54) is 24.8 Å². The second-order valence-electron chi connectivity index (χ2n) is 7.25. The Kier molecular flexibility index (Phi) is 5.54. The zero-order valence-corrected chi connectivity index (χ0v) is 14.6. The predicted octanol–water partition coefficient (Wildman–Crippen LogP) is 2.96. The van der Waals surface area contributed by atoms with Gasteiger partial charge in [-0.3, -0.25) is 9.59 Å². The number of hydrogen-bond acceptors (Lipinski definition) is 2. The third-order valence-corrected chi connectivity index (χ3v) is 5.60. The highest BCUT2D eigenvalue weighted by molar-refractivity contribution is 5.84. The van der Waals surface area contributed by atoms with Gasteiger partial charge in [0.15, 0.2) is 0 Å². The highest BCUT2D eigenvalue weighted by Crippen LogP contribution is 2.37. The molecule has 1 aliphatic heterocycles. The highest BCUT2D eigenvalue weighted by Gasteiger charge is 2.34. The van der Waals surface area contributed by atoms with Gasteiger partial charge in [-0.25, -0.2) is 0 Å². The molecule has 1 atom stereocenters. The maximum atomic E-state index is 13.3. The lowest BCUT2D eigenvalue weighted by Crippen LogP contribution is -2.50. The fraction of sp³-hybridized carbons (Fsp3) is 0.600.